The highest BCUT2D eigenvalue weighted by atomic mass is 16.5. The number of benzene rings is 2. The Balaban J connectivity index is 1.37. The van der Waals surface area contributed by atoms with Gasteiger partial charge in [-0.25, -0.2) is 0 Å². The summed E-state index contributed by atoms with van der Waals surface area (Å²) in [5, 5.41) is 3.58. The molecule has 0 aliphatic carbocycles. The molecule has 2 saturated heterocycles. The highest BCUT2D eigenvalue weighted by Crippen LogP contribution is 2.24. The fourth-order valence-corrected chi connectivity index (χ4v) is 4.44. The summed E-state index contributed by atoms with van der Waals surface area (Å²) in [4.78, 5) is 21.3. The van der Waals surface area contributed by atoms with E-state index in [0.717, 1.165) is 38.4 Å². The van der Waals surface area contributed by atoms with Crippen LogP contribution in [0.3, 0.4) is 0 Å². The van der Waals surface area contributed by atoms with Gasteiger partial charge in [-0.05, 0) is 24.0 Å². The smallest absolute Gasteiger partial charge is 0.251 e. The van der Waals surface area contributed by atoms with Crippen molar-refractivity contribution in [1.82, 2.24) is 15.1 Å². The zero-order valence-electron chi connectivity index (χ0n) is 18.2. The standard InChI is InChI=1S/C25H32N4O2/c1-26-25(29-16-14-28(15-17-29)24(30)23-13-8-18-31-23)27-19-22(20-9-4-2-5-10-20)21-11-6-3-7-12-21/h2-7,9-12,22-23H,8,13-19H2,1H3,(H,26,27). The fourth-order valence-electron chi connectivity index (χ4n) is 4.44. The Morgan fingerprint density at radius 2 is 1.58 bits per heavy atom. The molecule has 164 valence electrons. The van der Waals surface area contributed by atoms with Crippen LogP contribution < -0.4 is 5.32 Å². The fraction of sp³-hybridized carbons (Fsp3) is 0.440. The van der Waals surface area contributed by atoms with Gasteiger partial charge in [0.1, 0.15) is 6.10 Å². The molecule has 0 bridgehead atoms. The van der Waals surface area contributed by atoms with Gasteiger partial charge in [0, 0.05) is 52.3 Å². The van der Waals surface area contributed by atoms with Crippen LogP contribution in [-0.4, -0.2) is 74.1 Å². The van der Waals surface area contributed by atoms with E-state index in [1.165, 1.54) is 11.1 Å². The second-order valence-electron chi connectivity index (χ2n) is 8.12. The second-order valence-corrected chi connectivity index (χ2v) is 8.12. The largest absolute Gasteiger partial charge is 0.368 e. The molecular weight excluding hydrogens is 388 g/mol. The number of ether oxygens (including phenoxy) is 1. The van der Waals surface area contributed by atoms with Crippen molar-refractivity contribution >= 4 is 11.9 Å². The van der Waals surface area contributed by atoms with E-state index in [0.29, 0.717) is 19.7 Å². The average molecular weight is 421 g/mol. The highest BCUT2D eigenvalue weighted by Gasteiger charge is 2.31. The van der Waals surface area contributed by atoms with Crippen LogP contribution in [0.2, 0.25) is 0 Å². The van der Waals surface area contributed by atoms with Gasteiger partial charge in [-0.2, -0.15) is 0 Å². The van der Waals surface area contributed by atoms with Crippen LogP contribution >= 0.6 is 0 Å². The molecule has 2 fully saturated rings. The number of piperazine rings is 1. The van der Waals surface area contributed by atoms with Crippen molar-refractivity contribution < 1.29 is 9.53 Å². The summed E-state index contributed by atoms with van der Waals surface area (Å²) in [6.07, 6.45) is 1.60. The molecule has 2 aliphatic heterocycles. The Labute approximate surface area is 184 Å². The monoisotopic (exact) mass is 420 g/mol. The molecule has 0 saturated carbocycles. The molecule has 4 rings (SSSR count). The van der Waals surface area contributed by atoms with Crippen molar-refractivity contribution in [3.8, 4) is 0 Å². The number of guanidine groups is 1. The summed E-state index contributed by atoms with van der Waals surface area (Å²) < 4.78 is 5.57. The number of amides is 1. The van der Waals surface area contributed by atoms with Crippen LogP contribution in [0.4, 0.5) is 0 Å². The lowest BCUT2D eigenvalue weighted by Gasteiger charge is -2.37. The van der Waals surface area contributed by atoms with E-state index in [1.807, 2.05) is 11.9 Å². The summed E-state index contributed by atoms with van der Waals surface area (Å²) in [6.45, 7) is 4.44. The Kier molecular flexibility index (Phi) is 7.20. The Morgan fingerprint density at radius 1 is 1.00 bits per heavy atom. The lowest BCUT2D eigenvalue weighted by molar-refractivity contribution is -0.142. The maximum atomic E-state index is 12.6. The van der Waals surface area contributed by atoms with Crippen molar-refractivity contribution in [3.05, 3.63) is 71.8 Å². The lowest BCUT2D eigenvalue weighted by Crippen LogP contribution is -2.55. The summed E-state index contributed by atoms with van der Waals surface area (Å²) >= 11 is 0. The van der Waals surface area contributed by atoms with E-state index in [9.17, 15) is 4.79 Å². The quantitative estimate of drug-likeness (QED) is 0.597. The van der Waals surface area contributed by atoms with Crippen LogP contribution in [-0.2, 0) is 9.53 Å². The van der Waals surface area contributed by atoms with Gasteiger partial charge >= 0.3 is 0 Å². The van der Waals surface area contributed by atoms with Gasteiger partial charge in [0.25, 0.3) is 5.91 Å². The molecular formula is C25H32N4O2. The molecule has 2 aromatic rings. The van der Waals surface area contributed by atoms with Crippen molar-refractivity contribution in [3.63, 3.8) is 0 Å². The van der Waals surface area contributed by atoms with E-state index in [2.05, 4.69) is 75.9 Å². The maximum absolute atomic E-state index is 12.6. The Morgan fingerprint density at radius 3 is 2.10 bits per heavy atom. The Hall–Kier alpha value is -2.86. The molecule has 31 heavy (non-hydrogen) atoms. The molecule has 2 aromatic carbocycles. The summed E-state index contributed by atoms with van der Waals surface area (Å²) in [5.74, 6) is 1.27. The minimum atomic E-state index is -0.235. The molecule has 1 amide bonds. The van der Waals surface area contributed by atoms with Crippen LogP contribution in [0, 0.1) is 0 Å². The third-order valence-electron chi connectivity index (χ3n) is 6.18. The molecule has 0 radical (unpaired) electrons. The molecule has 1 unspecified atom stereocenters. The van der Waals surface area contributed by atoms with Gasteiger partial charge in [0.15, 0.2) is 5.96 Å². The van der Waals surface area contributed by atoms with Gasteiger partial charge in [-0.3, -0.25) is 9.79 Å². The van der Waals surface area contributed by atoms with Crippen molar-refractivity contribution in [2.45, 2.75) is 24.9 Å². The first-order chi connectivity index (χ1) is 15.3. The Bertz CT molecular complexity index is 818. The topological polar surface area (TPSA) is 57.2 Å². The SMILES string of the molecule is CN=C(NCC(c1ccccc1)c1ccccc1)N1CCN(C(=O)C2CCCO2)CC1. The number of carbonyl (C=O) groups is 1. The normalized spacial score (nSPS) is 19.7. The van der Waals surface area contributed by atoms with Crippen LogP contribution in [0.1, 0.15) is 29.9 Å². The molecule has 2 heterocycles. The first kappa shape index (κ1) is 21.4. The van der Waals surface area contributed by atoms with Crippen molar-refractivity contribution in [2.75, 3.05) is 46.4 Å². The molecule has 1 N–H and O–H groups in total. The molecule has 2 aliphatic rings. The maximum Gasteiger partial charge on any atom is 0.251 e. The van der Waals surface area contributed by atoms with E-state index in [4.69, 9.17) is 4.74 Å². The summed E-state index contributed by atoms with van der Waals surface area (Å²) in [6, 6.07) is 21.2. The number of nitrogens with zero attached hydrogens (tertiary/aromatic N) is 3. The van der Waals surface area contributed by atoms with E-state index >= 15 is 0 Å². The average Bonchev–Trinajstić information content (AvgIpc) is 3.38. The zero-order chi connectivity index (χ0) is 21.5. The van der Waals surface area contributed by atoms with Gasteiger partial charge in [0.05, 0.1) is 0 Å². The second kappa shape index (κ2) is 10.4. The third-order valence-corrected chi connectivity index (χ3v) is 6.18. The molecule has 0 aromatic heterocycles. The predicted octanol–water partition coefficient (Wildman–Crippen LogP) is 2.72. The van der Waals surface area contributed by atoms with Crippen molar-refractivity contribution in [2.24, 2.45) is 4.99 Å². The minimum absolute atomic E-state index is 0.147. The van der Waals surface area contributed by atoms with E-state index in [1.54, 1.807) is 0 Å². The minimum Gasteiger partial charge on any atom is -0.368 e. The molecule has 0 spiro atoms. The lowest BCUT2D eigenvalue weighted by atomic mass is 9.91. The summed E-state index contributed by atoms with van der Waals surface area (Å²) in [5.41, 5.74) is 2.56. The first-order valence-corrected chi connectivity index (χ1v) is 11.2. The van der Waals surface area contributed by atoms with Gasteiger partial charge in [-0.15, -0.1) is 0 Å². The number of nitrogens with one attached hydrogen (secondary N) is 1. The number of rotatable bonds is 5. The predicted molar refractivity (Wildman–Crippen MR) is 123 cm³/mol. The zero-order valence-corrected chi connectivity index (χ0v) is 18.2. The molecule has 1 atom stereocenters. The van der Waals surface area contributed by atoms with Crippen LogP contribution in [0.5, 0.6) is 0 Å². The van der Waals surface area contributed by atoms with Gasteiger partial charge in [-0.1, -0.05) is 60.7 Å². The summed E-state index contributed by atoms with van der Waals surface area (Å²) in [7, 11) is 1.83. The third kappa shape index (κ3) is 5.25. The first-order valence-electron chi connectivity index (χ1n) is 11.2. The van der Waals surface area contributed by atoms with Crippen LogP contribution in [0.25, 0.3) is 0 Å². The number of carbonyl (C=O) groups excluding carboxylic acids is 1. The number of hydrogen-bond acceptors (Lipinski definition) is 3. The van der Waals surface area contributed by atoms with Crippen molar-refractivity contribution in [1.29, 1.82) is 0 Å². The van der Waals surface area contributed by atoms with Gasteiger partial charge < -0.3 is 19.9 Å². The van der Waals surface area contributed by atoms with E-state index in [-0.39, 0.29) is 17.9 Å². The molecule has 6 heteroatoms. The number of hydrogen-bond donors (Lipinski definition) is 1. The van der Waals surface area contributed by atoms with Gasteiger partial charge in [0.2, 0.25) is 0 Å². The van der Waals surface area contributed by atoms with Crippen LogP contribution in [0.15, 0.2) is 65.7 Å². The molecule has 6 nitrogen and oxygen atoms in total. The number of aliphatic imine (C=N–C) groups is 1. The van der Waals surface area contributed by atoms with E-state index < -0.39 is 0 Å². The highest BCUT2D eigenvalue weighted by molar-refractivity contribution is 5.83.